The van der Waals surface area contributed by atoms with E-state index in [9.17, 15) is 8.42 Å². The van der Waals surface area contributed by atoms with Crippen molar-refractivity contribution in [3.63, 3.8) is 0 Å². The zero-order chi connectivity index (χ0) is 13.3. The lowest BCUT2D eigenvalue weighted by molar-refractivity contribution is 0.212. The van der Waals surface area contributed by atoms with Crippen LogP contribution in [-0.2, 0) is 15.9 Å². The fourth-order valence-electron chi connectivity index (χ4n) is 2.24. The Hall–Kier alpha value is -0.520. The molecule has 2 heterocycles. The third kappa shape index (κ3) is 2.58. The molecule has 2 unspecified atom stereocenters. The van der Waals surface area contributed by atoms with E-state index in [0.717, 1.165) is 12.1 Å². The molecule has 18 heavy (non-hydrogen) atoms. The van der Waals surface area contributed by atoms with Crippen LogP contribution in [0, 0.1) is 11.8 Å². The number of sulfonamides is 1. The number of alkyl halides is 1. The standard InChI is InChI=1S/C12H19ClN2O2S/c1-9-3-4-15(8-10(9)2)18(16,17)12-5-11(6-13)14-7-12/h5,7,9-10,14H,3-4,6,8H2,1-2H3. The van der Waals surface area contributed by atoms with Gasteiger partial charge in [0.2, 0.25) is 10.0 Å². The Bertz CT molecular complexity index is 512. The van der Waals surface area contributed by atoms with Crippen LogP contribution in [0.5, 0.6) is 0 Å². The Morgan fingerprint density at radius 3 is 2.72 bits per heavy atom. The smallest absolute Gasteiger partial charge is 0.244 e. The molecule has 0 radical (unpaired) electrons. The average molecular weight is 291 g/mol. The highest BCUT2D eigenvalue weighted by atomic mass is 35.5. The van der Waals surface area contributed by atoms with Gasteiger partial charge in [0.1, 0.15) is 0 Å². The van der Waals surface area contributed by atoms with Crippen LogP contribution in [0.3, 0.4) is 0 Å². The highest BCUT2D eigenvalue weighted by Crippen LogP contribution is 2.27. The van der Waals surface area contributed by atoms with E-state index >= 15 is 0 Å². The fourth-order valence-corrected chi connectivity index (χ4v) is 3.97. The maximum atomic E-state index is 12.4. The maximum absolute atomic E-state index is 12.4. The van der Waals surface area contributed by atoms with Gasteiger partial charge in [0.05, 0.1) is 10.8 Å². The monoisotopic (exact) mass is 290 g/mol. The summed E-state index contributed by atoms with van der Waals surface area (Å²) in [5.41, 5.74) is 0.730. The topological polar surface area (TPSA) is 53.2 Å². The van der Waals surface area contributed by atoms with E-state index in [2.05, 4.69) is 18.8 Å². The van der Waals surface area contributed by atoms with E-state index in [1.54, 1.807) is 10.4 Å². The SMILES string of the molecule is CC1CCN(S(=O)(=O)c2c[nH]c(CCl)c2)CC1C. The minimum absolute atomic E-state index is 0.295. The molecular formula is C12H19ClN2O2S. The first-order chi connectivity index (χ1) is 8.45. The number of rotatable bonds is 3. The first-order valence-corrected chi connectivity index (χ1v) is 8.16. The summed E-state index contributed by atoms with van der Waals surface area (Å²) in [6, 6.07) is 1.62. The van der Waals surface area contributed by atoms with Crippen molar-refractivity contribution in [2.75, 3.05) is 13.1 Å². The van der Waals surface area contributed by atoms with Crippen LogP contribution in [0.2, 0.25) is 0 Å². The number of aromatic nitrogens is 1. The van der Waals surface area contributed by atoms with E-state index in [1.165, 1.54) is 6.20 Å². The van der Waals surface area contributed by atoms with E-state index in [4.69, 9.17) is 11.6 Å². The molecule has 1 N–H and O–H groups in total. The van der Waals surface area contributed by atoms with E-state index < -0.39 is 10.0 Å². The van der Waals surface area contributed by atoms with Crippen LogP contribution in [-0.4, -0.2) is 30.8 Å². The Labute approximate surface area is 113 Å². The van der Waals surface area contributed by atoms with Gasteiger partial charge in [-0.25, -0.2) is 8.42 Å². The Kier molecular flexibility index (Phi) is 4.04. The second kappa shape index (κ2) is 5.23. The molecule has 1 aliphatic rings. The molecule has 0 spiro atoms. The summed E-state index contributed by atoms with van der Waals surface area (Å²) in [5, 5.41) is 0. The van der Waals surface area contributed by atoms with Crippen molar-refractivity contribution < 1.29 is 8.42 Å². The zero-order valence-corrected chi connectivity index (χ0v) is 12.3. The molecule has 0 saturated carbocycles. The van der Waals surface area contributed by atoms with Crippen molar-refractivity contribution >= 4 is 21.6 Å². The van der Waals surface area contributed by atoms with Gasteiger partial charge in [-0.3, -0.25) is 0 Å². The van der Waals surface area contributed by atoms with Crippen molar-refractivity contribution in [1.82, 2.24) is 9.29 Å². The molecule has 1 fully saturated rings. The third-order valence-electron chi connectivity index (χ3n) is 3.79. The second-order valence-electron chi connectivity index (χ2n) is 5.10. The highest BCUT2D eigenvalue weighted by Gasteiger charge is 2.32. The average Bonchev–Trinajstić information content (AvgIpc) is 2.81. The highest BCUT2D eigenvalue weighted by molar-refractivity contribution is 7.89. The van der Waals surface area contributed by atoms with Crippen LogP contribution < -0.4 is 0 Å². The number of halogens is 1. The van der Waals surface area contributed by atoms with Crippen LogP contribution in [0.4, 0.5) is 0 Å². The number of nitrogens with zero attached hydrogens (tertiary/aromatic N) is 1. The lowest BCUT2D eigenvalue weighted by atomic mass is 9.90. The predicted octanol–water partition coefficient (Wildman–Crippen LogP) is 2.42. The van der Waals surface area contributed by atoms with E-state index in [-0.39, 0.29) is 0 Å². The summed E-state index contributed by atoms with van der Waals surface area (Å²) in [7, 11) is -3.36. The molecule has 0 aliphatic carbocycles. The quantitative estimate of drug-likeness (QED) is 0.869. The predicted molar refractivity (Wildman–Crippen MR) is 72.1 cm³/mol. The van der Waals surface area contributed by atoms with Crippen molar-refractivity contribution in [3.05, 3.63) is 18.0 Å². The van der Waals surface area contributed by atoms with E-state index in [0.29, 0.717) is 35.7 Å². The summed E-state index contributed by atoms with van der Waals surface area (Å²) in [5.74, 6) is 1.28. The second-order valence-corrected chi connectivity index (χ2v) is 7.31. The van der Waals surface area contributed by atoms with Crippen molar-refractivity contribution in [3.8, 4) is 0 Å². The van der Waals surface area contributed by atoms with Gasteiger partial charge in [-0.2, -0.15) is 4.31 Å². The molecule has 102 valence electrons. The van der Waals surface area contributed by atoms with Crippen molar-refractivity contribution in [1.29, 1.82) is 0 Å². The lowest BCUT2D eigenvalue weighted by Crippen LogP contribution is -2.42. The molecule has 0 aromatic carbocycles. The fraction of sp³-hybridized carbons (Fsp3) is 0.667. The van der Waals surface area contributed by atoms with Crippen molar-refractivity contribution in [2.24, 2.45) is 11.8 Å². The number of piperidine rings is 1. The van der Waals surface area contributed by atoms with Gasteiger partial charge in [-0.15, -0.1) is 11.6 Å². The summed E-state index contributed by atoms with van der Waals surface area (Å²) < 4.78 is 26.4. The molecule has 0 amide bonds. The summed E-state index contributed by atoms with van der Waals surface area (Å²) in [4.78, 5) is 3.20. The third-order valence-corrected chi connectivity index (χ3v) is 5.93. The van der Waals surface area contributed by atoms with Gasteiger partial charge < -0.3 is 4.98 Å². The molecule has 1 aromatic heterocycles. The lowest BCUT2D eigenvalue weighted by Gasteiger charge is -2.34. The summed E-state index contributed by atoms with van der Waals surface area (Å²) in [6.45, 7) is 5.49. The molecule has 0 bridgehead atoms. The number of hydrogen-bond donors (Lipinski definition) is 1. The Morgan fingerprint density at radius 1 is 1.44 bits per heavy atom. The zero-order valence-electron chi connectivity index (χ0n) is 10.7. The normalized spacial score (nSPS) is 26.4. The first-order valence-electron chi connectivity index (χ1n) is 6.18. The summed E-state index contributed by atoms with van der Waals surface area (Å²) >= 11 is 5.68. The van der Waals surface area contributed by atoms with Gasteiger partial charge >= 0.3 is 0 Å². The molecule has 1 aromatic rings. The first kappa shape index (κ1) is 13.9. The van der Waals surface area contributed by atoms with Gasteiger partial charge in [0, 0.05) is 25.0 Å². The number of H-pyrrole nitrogens is 1. The van der Waals surface area contributed by atoms with Crippen molar-refractivity contribution in [2.45, 2.75) is 31.0 Å². The van der Waals surface area contributed by atoms with Gasteiger partial charge in [-0.1, -0.05) is 13.8 Å². The van der Waals surface area contributed by atoms with E-state index in [1.807, 2.05) is 0 Å². The van der Waals surface area contributed by atoms with Crippen LogP contribution in [0.1, 0.15) is 26.0 Å². The molecule has 2 atom stereocenters. The van der Waals surface area contributed by atoms with Gasteiger partial charge in [-0.05, 0) is 24.3 Å². The molecule has 4 nitrogen and oxygen atoms in total. The number of aromatic amines is 1. The maximum Gasteiger partial charge on any atom is 0.244 e. The van der Waals surface area contributed by atoms with Crippen LogP contribution in [0.25, 0.3) is 0 Å². The number of nitrogens with one attached hydrogen (secondary N) is 1. The van der Waals surface area contributed by atoms with Crippen LogP contribution in [0.15, 0.2) is 17.2 Å². The minimum Gasteiger partial charge on any atom is -0.363 e. The largest absolute Gasteiger partial charge is 0.363 e. The van der Waals surface area contributed by atoms with Gasteiger partial charge in [0.15, 0.2) is 0 Å². The number of hydrogen-bond acceptors (Lipinski definition) is 2. The molecule has 1 aliphatic heterocycles. The minimum atomic E-state index is -3.36. The summed E-state index contributed by atoms with van der Waals surface area (Å²) in [6.07, 6.45) is 2.45. The molecule has 1 saturated heterocycles. The molecule has 6 heteroatoms. The Morgan fingerprint density at radius 2 is 2.17 bits per heavy atom. The molecule has 2 rings (SSSR count). The Balaban J connectivity index is 2.21. The molecular weight excluding hydrogens is 272 g/mol. The van der Waals surface area contributed by atoms with Crippen LogP contribution >= 0.6 is 11.6 Å². The van der Waals surface area contributed by atoms with Gasteiger partial charge in [0.25, 0.3) is 0 Å².